The molecule has 2 N–H and O–H groups in total. The lowest BCUT2D eigenvalue weighted by Crippen LogP contribution is -2.35. The molecule has 0 aromatic rings. The van der Waals surface area contributed by atoms with Crippen LogP contribution in [0.1, 0.15) is 92.9 Å². The van der Waals surface area contributed by atoms with Crippen LogP contribution in [0.4, 0.5) is 0 Å². The molecule has 0 saturated heterocycles. The maximum atomic E-state index is 10.3. The summed E-state index contributed by atoms with van der Waals surface area (Å²) in [5.41, 5.74) is 2.83. The Bertz CT molecular complexity index is 667. The summed E-state index contributed by atoms with van der Waals surface area (Å²) < 4.78 is 0. The molecule has 3 aliphatic rings. The number of rotatable bonds is 5. The third-order valence-corrected chi connectivity index (χ3v) is 8.81. The molecule has 3 rings (SSSR count). The van der Waals surface area contributed by atoms with Gasteiger partial charge in [0, 0.05) is 5.92 Å². The number of hydrogen-bond acceptors (Lipinski definition) is 2. The molecule has 3 fully saturated rings. The van der Waals surface area contributed by atoms with Crippen LogP contribution in [0, 0.1) is 35.0 Å². The zero-order valence-corrected chi connectivity index (χ0v) is 20.3. The monoisotopic (exact) mass is 414 g/mol. The quantitative estimate of drug-likeness (QED) is 0.484. The number of hydrogen-bond donors (Lipinski definition) is 2. The Hall–Kier alpha value is -0.860. The molecule has 7 unspecified atom stereocenters. The van der Waals surface area contributed by atoms with E-state index in [9.17, 15) is 10.2 Å². The van der Waals surface area contributed by atoms with Gasteiger partial charge >= 0.3 is 0 Å². The van der Waals surface area contributed by atoms with Crippen LogP contribution in [0.5, 0.6) is 0 Å². The molecule has 0 aromatic heterocycles. The molecule has 0 heterocycles. The lowest BCUT2D eigenvalue weighted by Gasteiger charge is -2.44. The van der Waals surface area contributed by atoms with Crippen LogP contribution >= 0.6 is 0 Å². The topological polar surface area (TPSA) is 40.5 Å². The molecule has 2 nitrogen and oxygen atoms in total. The number of aliphatic hydroxyl groups is 2. The van der Waals surface area contributed by atoms with Crippen molar-refractivity contribution in [1.29, 1.82) is 0 Å². The average molecular weight is 415 g/mol. The van der Waals surface area contributed by atoms with Gasteiger partial charge in [0.25, 0.3) is 0 Å². The average Bonchev–Trinajstić information content (AvgIpc) is 3.00. The molecule has 170 valence electrons. The maximum absolute atomic E-state index is 10.3. The van der Waals surface area contributed by atoms with E-state index in [1.165, 1.54) is 37.7 Å². The molecule has 2 heteroatoms. The summed E-state index contributed by atoms with van der Waals surface area (Å²) >= 11 is 0. The lowest BCUT2D eigenvalue weighted by molar-refractivity contribution is 0.0436. The van der Waals surface area contributed by atoms with Gasteiger partial charge in [-0.2, -0.15) is 0 Å². The highest BCUT2D eigenvalue weighted by atomic mass is 16.3. The molecular weight excluding hydrogens is 368 g/mol. The molecular formula is C28H46O2. The van der Waals surface area contributed by atoms with Gasteiger partial charge in [-0.25, -0.2) is 0 Å². The Morgan fingerprint density at radius 2 is 1.83 bits per heavy atom. The summed E-state index contributed by atoms with van der Waals surface area (Å²) in [6.45, 7) is 13.1. The van der Waals surface area contributed by atoms with E-state index in [1.807, 2.05) is 13.8 Å². The third kappa shape index (κ3) is 5.30. The van der Waals surface area contributed by atoms with Crippen LogP contribution in [0.3, 0.4) is 0 Å². The van der Waals surface area contributed by atoms with Gasteiger partial charge in [-0.3, -0.25) is 0 Å². The zero-order chi connectivity index (χ0) is 22.1. The van der Waals surface area contributed by atoms with Crippen molar-refractivity contribution in [3.05, 3.63) is 35.5 Å². The van der Waals surface area contributed by atoms with Gasteiger partial charge < -0.3 is 10.2 Å². The molecule has 0 spiro atoms. The fourth-order valence-electron chi connectivity index (χ4n) is 6.68. The van der Waals surface area contributed by atoms with Gasteiger partial charge in [0.05, 0.1) is 11.7 Å². The second-order valence-corrected chi connectivity index (χ2v) is 11.8. The second-order valence-electron chi connectivity index (χ2n) is 11.8. The van der Waals surface area contributed by atoms with Crippen molar-refractivity contribution in [2.75, 3.05) is 0 Å². The van der Waals surface area contributed by atoms with Crippen LogP contribution < -0.4 is 0 Å². The van der Waals surface area contributed by atoms with Gasteiger partial charge in [0.1, 0.15) is 0 Å². The standard InChI is InChI=1S/C28H46O2/c1-19-16-22(18-24(29)17-19)11-12-23-8-7-15-28(6)25(13-14-26(23)28)20(2)9-10-21(3)27(4,5)30/h9-12,19-21,24-26,29-30H,7-8,13-18H2,1-6H3. The summed E-state index contributed by atoms with van der Waals surface area (Å²) in [5, 5.41) is 20.4. The van der Waals surface area contributed by atoms with Crippen LogP contribution in [0.15, 0.2) is 35.5 Å². The minimum Gasteiger partial charge on any atom is -0.393 e. The predicted molar refractivity (Wildman–Crippen MR) is 127 cm³/mol. The molecule has 30 heavy (non-hydrogen) atoms. The van der Waals surface area contributed by atoms with Crippen molar-refractivity contribution in [2.45, 2.75) is 105 Å². The molecule has 0 amide bonds. The van der Waals surface area contributed by atoms with E-state index >= 15 is 0 Å². The van der Waals surface area contributed by atoms with Crippen molar-refractivity contribution in [1.82, 2.24) is 0 Å². The molecule has 3 saturated carbocycles. The summed E-state index contributed by atoms with van der Waals surface area (Å²) in [4.78, 5) is 0. The summed E-state index contributed by atoms with van der Waals surface area (Å²) in [6.07, 6.45) is 18.7. The predicted octanol–water partition coefficient (Wildman–Crippen LogP) is 6.84. The number of aliphatic hydroxyl groups excluding tert-OH is 1. The van der Waals surface area contributed by atoms with Crippen molar-refractivity contribution in [2.24, 2.45) is 35.0 Å². The van der Waals surface area contributed by atoms with Crippen molar-refractivity contribution in [3.63, 3.8) is 0 Å². The van der Waals surface area contributed by atoms with Gasteiger partial charge in [0.15, 0.2) is 0 Å². The maximum Gasteiger partial charge on any atom is 0.0651 e. The fourth-order valence-corrected chi connectivity index (χ4v) is 6.68. The minimum atomic E-state index is -0.656. The van der Waals surface area contributed by atoms with Gasteiger partial charge in [0.2, 0.25) is 0 Å². The zero-order valence-electron chi connectivity index (χ0n) is 20.3. The molecule has 3 aliphatic carbocycles. The Morgan fingerprint density at radius 1 is 1.10 bits per heavy atom. The molecule has 0 aromatic carbocycles. The van der Waals surface area contributed by atoms with Gasteiger partial charge in [-0.15, -0.1) is 0 Å². The first-order chi connectivity index (χ1) is 14.0. The highest BCUT2D eigenvalue weighted by molar-refractivity contribution is 5.26. The summed E-state index contributed by atoms with van der Waals surface area (Å²) in [5.74, 6) is 2.76. The first kappa shape index (κ1) is 23.8. The van der Waals surface area contributed by atoms with Crippen LogP contribution in [-0.4, -0.2) is 21.9 Å². The Labute approximate surface area is 185 Å². The van der Waals surface area contributed by atoms with E-state index in [4.69, 9.17) is 0 Å². The summed E-state index contributed by atoms with van der Waals surface area (Å²) in [7, 11) is 0. The van der Waals surface area contributed by atoms with E-state index in [0.29, 0.717) is 23.2 Å². The highest BCUT2D eigenvalue weighted by Crippen LogP contribution is 2.59. The second kappa shape index (κ2) is 9.33. The number of allylic oxidation sites excluding steroid dienone is 4. The Balaban J connectivity index is 1.73. The van der Waals surface area contributed by atoms with Gasteiger partial charge in [-0.05, 0) is 94.3 Å². The SMILES string of the molecule is CC1CC(=CC=C2CCCC3(C)C2CCC3C(C)C=CC(C)C(C)(C)O)CC(O)C1. The molecule has 0 radical (unpaired) electrons. The highest BCUT2D eigenvalue weighted by Gasteiger charge is 2.50. The van der Waals surface area contributed by atoms with Crippen molar-refractivity contribution < 1.29 is 10.2 Å². The minimum absolute atomic E-state index is 0.148. The Morgan fingerprint density at radius 3 is 2.50 bits per heavy atom. The first-order valence-corrected chi connectivity index (χ1v) is 12.5. The van der Waals surface area contributed by atoms with E-state index in [2.05, 4.69) is 52.0 Å². The van der Waals surface area contributed by atoms with Crippen LogP contribution in [0.25, 0.3) is 0 Å². The molecule has 0 aliphatic heterocycles. The summed E-state index contributed by atoms with van der Waals surface area (Å²) in [6, 6.07) is 0. The first-order valence-electron chi connectivity index (χ1n) is 12.5. The molecule has 0 bridgehead atoms. The van der Waals surface area contributed by atoms with E-state index in [1.54, 1.807) is 5.57 Å². The van der Waals surface area contributed by atoms with Crippen molar-refractivity contribution >= 4 is 0 Å². The van der Waals surface area contributed by atoms with E-state index in [0.717, 1.165) is 25.2 Å². The Kier molecular flexibility index (Phi) is 7.40. The normalized spacial score (nSPS) is 40.1. The lowest BCUT2D eigenvalue weighted by atomic mass is 9.61. The molecule has 7 atom stereocenters. The van der Waals surface area contributed by atoms with E-state index in [-0.39, 0.29) is 12.0 Å². The van der Waals surface area contributed by atoms with Gasteiger partial charge in [-0.1, -0.05) is 63.1 Å². The van der Waals surface area contributed by atoms with E-state index < -0.39 is 5.60 Å². The smallest absolute Gasteiger partial charge is 0.0651 e. The van der Waals surface area contributed by atoms with Crippen LogP contribution in [-0.2, 0) is 0 Å². The third-order valence-electron chi connectivity index (χ3n) is 8.81. The van der Waals surface area contributed by atoms with Crippen molar-refractivity contribution in [3.8, 4) is 0 Å². The largest absolute Gasteiger partial charge is 0.393 e. The van der Waals surface area contributed by atoms with Crippen LogP contribution in [0.2, 0.25) is 0 Å². The fraction of sp³-hybridized carbons (Fsp3) is 0.786. The number of fused-ring (bicyclic) bond motifs is 1.